The Bertz CT molecular complexity index is 208. The summed E-state index contributed by atoms with van der Waals surface area (Å²) in [6.07, 6.45) is 0.197. The van der Waals surface area contributed by atoms with E-state index in [-0.39, 0.29) is 12.2 Å². The second-order valence-corrected chi connectivity index (χ2v) is 2.99. The summed E-state index contributed by atoms with van der Waals surface area (Å²) < 4.78 is 0. The molecule has 0 rings (SSSR count). The molecule has 0 spiro atoms. The smallest absolute Gasteiger partial charge is 0.217 e. The lowest BCUT2D eigenvalue weighted by atomic mass is 9.96. The quantitative estimate of drug-likeness (QED) is 0.542. The highest BCUT2D eigenvalue weighted by molar-refractivity contribution is 5.86. The molecule has 0 radical (unpaired) electrons. The Morgan fingerprint density at radius 3 is 2.23 bits per heavy atom. The molecule has 0 aromatic heterocycles. The maximum Gasteiger partial charge on any atom is 0.217 e. The van der Waals surface area contributed by atoms with Gasteiger partial charge in [-0.15, -0.1) is 0 Å². The van der Waals surface area contributed by atoms with Crippen molar-refractivity contribution in [2.24, 2.45) is 0 Å². The van der Waals surface area contributed by atoms with Gasteiger partial charge in [0, 0.05) is 13.3 Å². The SMILES string of the molecule is CC(=O)CC(C=O)(CO)NC(C)=O. The van der Waals surface area contributed by atoms with Crippen molar-refractivity contribution in [3.63, 3.8) is 0 Å². The number of carbonyl (C=O) groups is 3. The minimum atomic E-state index is -1.45. The number of aldehydes is 1. The zero-order valence-corrected chi connectivity index (χ0v) is 7.66. The van der Waals surface area contributed by atoms with Gasteiger partial charge in [-0.2, -0.15) is 0 Å². The standard InChI is InChI=1S/C8H13NO4/c1-6(12)3-8(4-10,5-11)9-7(2)13/h4,11H,3,5H2,1-2H3,(H,9,13). The Hall–Kier alpha value is -1.23. The van der Waals surface area contributed by atoms with Gasteiger partial charge < -0.3 is 15.2 Å². The monoisotopic (exact) mass is 187 g/mol. The van der Waals surface area contributed by atoms with Gasteiger partial charge >= 0.3 is 0 Å². The number of carbonyl (C=O) groups excluding carboxylic acids is 3. The van der Waals surface area contributed by atoms with Gasteiger partial charge in [-0.25, -0.2) is 0 Å². The maximum atomic E-state index is 10.7. The van der Waals surface area contributed by atoms with E-state index in [1.165, 1.54) is 13.8 Å². The minimum Gasteiger partial charge on any atom is -0.393 e. The van der Waals surface area contributed by atoms with Crippen LogP contribution in [0.3, 0.4) is 0 Å². The summed E-state index contributed by atoms with van der Waals surface area (Å²) in [5.74, 6) is -0.725. The Morgan fingerprint density at radius 2 is 2.00 bits per heavy atom. The van der Waals surface area contributed by atoms with Crippen LogP contribution in [-0.4, -0.2) is 35.2 Å². The van der Waals surface area contributed by atoms with Gasteiger partial charge in [-0.3, -0.25) is 9.59 Å². The van der Waals surface area contributed by atoms with E-state index in [9.17, 15) is 14.4 Å². The molecule has 0 aliphatic carbocycles. The lowest BCUT2D eigenvalue weighted by Gasteiger charge is -2.24. The van der Waals surface area contributed by atoms with Crippen molar-refractivity contribution < 1.29 is 19.5 Å². The van der Waals surface area contributed by atoms with Crippen LogP contribution in [0.15, 0.2) is 0 Å². The Balaban J connectivity index is 4.58. The van der Waals surface area contributed by atoms with Crippen LogP contribution in [0.4, 0.5) is 0 Å². The number of nitrogens with one attached hydrogen (secondary N) is 1. The van der Waals surface area contributed by atoms with Gasteiger partial charge in [0.1, 0.15) is 17.6 Å². The van der Waals surface area contributed by atoms with E-state index in [0.29, 0.717) is 6.29 Å². The number of ketones is 1. The zero-order chi connectivity index (χ0) is 10.5. The maximum absolute atomic E-state index is 10.7. The molecule has 0 saturated heterocycles. The molecule has 1 amide bonds. The van der Waals surface area contributed by atoms with Crippen molar-refractivity contribution >= 4 is 18.0 Å². The van der Waals surface area contributed by atoms with Crippen molar-refractivity contribution in [1.29, 1.82) is 0 Å². The van der Waals surface area contributed by atoms with Gasteiger partial charge in [0.05, 0.1) is 6.61 Å². The first-order valence-corrected chi connectivity index (χ1v) is 3.81. The van der Waals surface area contributed by atoms with Crippen LogP contribution in [0.2, 0.25) is 0 Å². The molecule has 2 N–H and O–H groups in total. The zero-order valence-electron chi connectivity index (χ0n) is 7.66. The van der Waals surface area contributed by atoms with E-state index in [1.807, 2.05) is 0 Å². The first-order valence-electron chi connectivity index (χ1n) is 3.81. The van der Waals surface area contributed by atoms with Crippen LogP contribution >= 0.6 is 0 Å². The molecule has 0 bridgehead atoms. The van der Waals surface area contributed by atoms with Gasteiger partial charge in [0.15, 0.2) is 0 Å². The van der Waals surface area contributed by atoms with Crippen molar-refractivity contribution in [2.75, 3.05) is 6.61 Å². The molecule has 0 fully saturated rings. The van der Waals surface area contributed by atoms with E-state index >= 15 is 0 Å². The summed E-state index contributed by atoms with van der Waals surface area (Å²) in [6, 6.07) is 0. The Labute approximate surface area is 76.1 Å². The largest absolute Gasteiger partial charge is 0.393 e. The Morgan fingerprint density at radius 1 is 1.46 bits per heavy atom. The molecule has 1 unspecified atom stereocenters. The second kappa shape index (κ2) is 4.71. The molecule has 0 aliphatic heterocycles. The minimum absolute atomic E-state index is 0.188. The molecule has 74 valence electrons. The third-order valence-electron chi connectivity index (χ3n) is 1.50. The number of hydrogen-bond donors (Lipinski definition) is 2. The lowest BCUT2D eigenvalue weighted by molar-refractivity contribution is -0.129. The van der Waals surface area contributed by atoms with Crippen molar-refractivity contribution in [3.8, 4) is 0 Å². The summed E-state index contributed by atoms with van der Waals surface area (Å²) in [6.45, 7) is 1.93. The highest BCUT2D eigenvalue weighted by Crippen LogP contribution is 2.06. The molecule has 5 heteroatoms. The normalized spacial score (nSPS) is 14.4. The van der Waals surface area contributed by atoms with Crippen LogP contribution in [0.25, 0.3) is 0 Å². The first kappa shape index (κ1) is 11.8. The summed E-state index contributed by atoms with van der Waals surface area (Å²) in [4.78, 5) is 32.0. The number of Topliss-reactive ketones (excluding diaryl/α,β-unsaturated/α-hetero) is 1. The molecular weight excluding hydrogens is 174 g/mol. The topological polar surface area (TPSA) is 83.5 Å². The summed E-state index contributed by atoms with van der Waals surface area (Å²) in [5, 5.41) is 11.1. The molecule has 0 heterocycles. The third kappa shape index (κ3) is 3.80. The van der Waals surface area contributed by atoms with Crippen LogP contribution in [-0.2, 0) is 14.4 Å². The number of aliphatic hydroxyl groups excluding tert-OH is 1. The van der Waals surface area contributed by atoms with Crippen molar-refractivity contribution in [1.82, 2.24) is 5.32 Å². The summed E-state index contributed by atoms with van der Waals surface area (Å²) >= 11 is 0. The third-order valence-corrected chi connectivity index (χ3v) is 1.50. The van der Waals surface area contributed by atoms with Crippen LogP contribution in [0.1, 0.15) is 20.3 Å². The number of aliphatic hydroxyl groups is 1. The molecule has 0 aromatic carbocycles. The van der Waals surface area contributed by atoms with Crippen LogP contribution < -0.4 is 5.32 Å². The van der Waals surface area contributed by atoms with Gasteiger partial charge in [0.25, 0.3) is 0 Å². The fourth-order valence-electron chi connectivity index (χ4n) is 1.04. The van der Waals surface area contributed by atoms with Crippen LogP contribution in [0, 0.1) is 0 Å². The fourth-order valence-corrected chi connectivity index (χ4v) is 1.04. The fraction of sp³-hybridized carbons (Fsp3) is 0.625. The lowest BCUT2D eigenvalue weighted by Crippen LogP contribution is -2.53. The van der Waals surface area contributed by atoms with Gasteiger partial charge in [-0.05, 0) is 6.92 Å². The van der Waals surface area contributed by atoms with E-state index < -0.39 is 18.1 Å². The molecule has 1 atom stereocenters. The van der Waals surface area contributed by atoms with E-state index in [2.05, 4.69) is 5.32 Å². The van der Waals surface area contributed by atoms with Gasteiger partial charge in [-0.1, -0.05) is 0 Å². The summed E-state index contributed by atoms with van der Waals surface area (Å²) in [5.41, 5.74) is -1.45. The predicted octanol–water partition coefficient (Wildman–Crippen LogP) is -0.968. The highest BCUT2D eigenvalue weighted by atomic mass is 16.3. The van der Waals surface area contributed by atoms with Gasteiger partial charge in [0.2, 0.25) is 5.91 Å². The molecular formula is C8H13NO4. The molecule has 0 aliphatic rings. The number of amides is 1. The average molecular weight is 187 g/mol. The van der Waals surface area contributed by atoms with Crippen molar-refractivity contribution in [3.05, 3.63) is 0 Å². The van der Waals surface area contributed by atoms with E-state index in [0.717, 1.165) is 0 Å². The van der Waals surface area contributed by atoms with Crippen molar-refractivity contribution in [2.45, 2.75) is 25.8 Å². The second-order valence-electron chi connectivity index (χ2n) is 2.99. The Kier molecular flexibility index (Phi) is 4.27. The summed E-state index contributed by atoms with van der Waals surface area (Å²) in [7, 11) is 0. The molecule has 0 aromatic rings. The molecule has 13 heavy (non-hydrogen) atoms. The number of hydrogen-bond acceptors (Lipinski definition) is 4. The molecule has 0 saturated carbocycles. The van der Waals surface area contributed by atoms with E-state index in [4.69, 9.17) is 5.11 Å². The average Bonchev–Trinajstić information content (AvgIpc) is 2.01. The molecule has 5 nitrogen and oxygen atoms in total. The first-order chi connectivity index (χ1) is 5.95. The number of rotatable bonds is 5. The van der Waals surface area contributed by atoms with E-state index in [1.54, 1.807) is 0 Å². The predicted molar refractivity (Wildman–Crippen MR) is 45.0 cm³/mol. The van der Waals surface area contributed by atoms with Crippen LogP contribution in [0.5, 0.6) is 0 Å². The highest BCUT2D eigenvalue weighted by Gasteiger charge is 2.31.